The monoisotopic (exact) mass is 346 g/mol. The maximum absolute atomic E-state index is 12.0. The molecule has 1 aromatic carbocycles. The molecule has 6 heteroatoms. The number of esters is 2. The summed E-state index contributed by atoms with van der Waals surface area (Å²) in [6, 6.07) is 5.11. The highest BCUT2D eigenvalue weighted by molar-refractivity contribution is 6.18. The fourth-order valence-electron chi connectivity index (χ4n) is 2.15. The highest BCUT2D eigenvalue weighted by Gasteiger charge is 2.38. The van der Waals surface area contributed by atoms with E-state index in [1.54, 1.807) is 18.2 Å². The molecule has 1 fully saturated rings. The Hall–Kier alpha value is -2.76. The third kappa shape index (κ3) is 4.86. The van der Waals surface area contributed by atoms with Crippen LogP contribution >= 0.6 is 0 Å². The smallest absolute Gasteiger partial charge is 0.348 e. The Kier molecular flexibility index (Phi) is 5.51. The molecule has 0 atom stereocenters. The number of hydrogen-bond acceptors (Lipinski definition) is 6. The lowest BCUT2D eigenvalue weighted by molar-refractivity contribution is -0.222. The van der Waals surface area contributed by atoms with E-state index in [4.69, 9.17) is 18.9 Å². The summed E-state index contributed by atoms with van der Waals surface area (Å²) >= 11 is 0. The van der Waals surface area contributed by atoms with Gasteiger partial charge in [-0.05, 0) is 43.2 Å². The van der Waals surface area contributed by atoms with Gasteiger partial charge < -0.3 is 18.9 Å². The number of carbonyl (C=O) groups is 2. The summed E-state index contributed by atoms with van der Waals surface area (Å²) in [6.07, 6.45) is 1.41. The van der Waals surface area contributed by atoms with Crippen molar-refractivity contribution in [1.82, 2.24) is 0 Å². The minimum absolute atomic E-state index is 0.169. The molecular weight excluding hydrogens is 324 g/mol. The van der Waals surface area contributed by atoms with Gasteiger partial charge in [0.1, 0.15) is 12.2 Å². The minimum atomic E-state index is -1.26. The summed E-state index contributed by atoms with van der Waals surface area (Å²) in [6.45, 7) is 11.3. The number of ether oxygens (including phenoxy) is 4. The van der Waals surface area contributed by atoms with E-state index in [0.29, 0.717) is 30.3 Å². The summed E-state index contributed by atoms with van der Waals surface area (Å²) in [5.74, 6) is -1.64. The molecule has 1 heterocycles. The van der Waals surface area contributed by atoms with Crippen molar-refractivity contribution < 1.29 is 28.5 Å². The van der Waals surface area contributed by atoms with Crippen molar-refractivity contribution in [2.24, 2.45) is 0 Å². The average molecular weight is 346 g/mol. The molecule has 1 saturated heterocycles. The lowest BCUT2D eigenvalue weighted by Crippen LogP contribution is -2.41. The van der Waals surface area contributed by atoms with E-state index in [1.165, 1.54) is 19.9 Å². The minimum Gasteiger partial charge on any atom is -0.490 e. The Balaban J connectivity index is 2.30. The molecule has 0 aromatic heterocycles. The van der Waals surface area contributed by atoms with Crippen LogP contribution < -0.4 is 9.47 Å². The Morgan fingerprint density at radius 1 is 1.16 bits per heavy atom. The van der Waals surface area contributed by atoms with Crippen LogP contribution in [0.5, 0.6) is 11.5 Å². The maximum atomic E-state index is 12.0. The molecule has 6 nitrogen and oxygen atoms in total. The molecular formula is C19H22O6. The van der Waals surface area contributed by atoms with E-state index in [2.05, 4.69) is 6.58 Å². The number of hydrogen-bond donors (Lipinski definition) is 0. The molecule has 0 unspecified atom stereocenters. The van der Waals surface area contributed by atoms with Crippen molar-refractivity contribution in [1.29, 1.82) is 0 Å². The molecule has 1 aliphatic rings. The molecule has 0 aliphatic carbocycles. The molecule has 0 N–H and O–H groups in total. The predicted octanol–water partition coefficient (Wildman–Crippen LogP) is 3.26. The van der Waals surface area contributed by atoms with Crippen molar-refractivity contribution >= 4 is 18.0 Å². The maximum Gasteiger partial charge on any atom is 0.348 e. The standard InChI is InChI=1S/C19H22O6/c1-6-22-16-10-13(7-8-15(16)23-11-12(2)3)9-14-17(20)24-19(4,5)25-18(14)21/h7-10H,2,6,11H2,1,3-5H3. The summed E-state index contributed by atoms with van der Waals surface area (Å²) in [5.41, 5.74) is 1.30. The average Bonchev–Trinajstić information content (AvgIpc) is 2.49. The van der Waals surface area contributed by atoms with Crippen LogP contribution in [0, 0.1) is 0 Å². The van der Waals surface area contributed by atoms with Gasteiger partial charge in [-0.2, -0.15) is 0 Å². The van der Waals surface area contributed by atoms with E-state index in [9.17, 15) is 9.59 Å². The van der Waals surface area contributed by atoms with Gasteiger partial charge in [-0.1, -0.05) is 12.6 Å². The van der Waals surface area contributed by atoms with Crippen LogP contribution in [0.3, 0.4) is 0 Å². The van der Waals surface area contributed by atoms with Crippen LogP contribution in [-0.2, 0) is 19.1 Å². The summed E-state index contributed by atoms with van der Waals surface area (Å²) in [7, 11) is 0. The van der Waals surface area contributed by atoms with Crippen LogP contribution in [0.15, 0.2) is 35.9 Å². The van der Waals surface area contributed by atoms with Crippen molar-refractivity contribution in [3.8, 4) is 11.5 Å². The topological polar surface area (TPSA) is 71.1 Å². The van der Waals surface area contributed by atoms with Gasteiger partial charge in [0.2, 0.25) is 0 Å². The second-order valence-electron chi connectivity index (χ2n) is 6.12. The molecule has 0 saturated carbocycles. The highest BCUT2D eigenvalue weighted by Crippen LogP contribution is 2.31. The van der Waals surface area contributed by atoms with E-state index >= 15 is 0 Å². The van der Waals surface area contributed by atoms with E-state index in [-0.39, 0.29) is 5.57 Å². The molecule has 134 valence electrons. The van der Waals surface area contributed by atoms with E-state index in [0.717, 1.165) is 5.57 Å². The quantitative estimate of drug-likeness (QED) is 0.341. The molecule has 25 heavy (non-hydrogen) atoms. The highest BCUT2D eigenvalue weighted by atomic mass is 16.7. The normalized spacial score (nSPS) is 15.9. The summed E-state index contributed by atoms with van der Waals surface area (Å²) in [4.78, 5) is 24.0. The third-order valence-corrected chi connectivity index (χ3v) is 3.17. The summed E-state index contributed by atoms with van der Waals surface area (Å²) < 4.78 is 21.4. The van der Waals surface area contributed by atoms with Gasteiger partial charge in [0, 0.05) is 13.8 Å². The van der Waals surface area contributed by atoms with E-state index in [1.807, 2.05) is 13.8 Å². The van der Waals surface area contributed by atoms with Crippen LogP contribution in [0.2, 0.25) is 0 Å². The van der Waals surface area contributed by atoms with Crippen LogP contribution in [0.4, 0.5) is 0 Å². The van der Waals surface area contributed by atoms with Gasteiger partial charge in [-0.3, -0.25) is 0 Å². The molecule has 0 spiro atoms. The first-order chi connectivity index (χ1) is 11.7. The van der Waals surface area contributed by atoms with Crippen LogP contribution in [0.25, 0.3) is 6.08 Å². The van der Waals surface area contributed by atoms with Gasteiger partial charge in [0.05, 0.1) is 6.61 Å². The van der Waals surface area contributed by atoms with Crippen molar-refractivity contribution in [3.05, 3.63) is 41.5 Å². The molecule has 1 aliphatic heterocycles. The first-order valence-corrected chi connectivity index (χ1v) is 7.94. The SMILES string of the molecule is C=C(C)COc1ccc(C=C2C(=O)OC(C)(C)OC2=O)cc1OCC. The Labute approximate surface area is 147 Å². The van der Waals surface area contributed by atoms with Gasteiger partial charge in [-0.15, -0.1) is 0 Å². The number of rotatable bonds is 6. The zero-order valence-electron chi connectivity index (χ0n) is 14.9. The fourth-order valence-corrected chi connectivity index (χ4v) is 2.15. The van der Waals surface area contributed by atoms with Gasteiger partial charge >= 0.3 is 11.9 Å². The molecule has 0 radical (unpaired) electrons. The van der Waals surface area contributed by atoms with Crippen molar-refractivity contribution in [3.63, 3.8) is 0 Å². The molecule has 0 bridgehead atoms. The number of benzene rings is 1. The molecule has 2 rings (SSSR count). The number of cyclic esters (lactones) is 2. The first kappa shape index (κ1) is 18.6. The van der Waals surface area contributed by atoms with E-state index < -0.39 is 17.7 Å². The first-order valence-electron chi connectivity index (χ1n) is 7.94. The number of carbonyl (C=O) groups excluding carboxylic acids is 2. The van der Waals surface area contributed by atoms with Crippen LogP contribution in [0.1, 0.15) is 33.3 Å². The van der Waals surface area contributed by atoms with Gasteiger partial charge in [0.25, 0.3) is 5.79 Å². The zero-order chi connectivity index (χ0) is 18.6. The van der Waals surface area contributed by atoms with Gasteiger partial charge in [0.15, 0.2) is 11.5 Å². The fraction of sp³-hybridized carbons (Fsp3) is 0.368. The lowest BCUT2D eigenvalue weighted by atomic mass is 10.1. The summed E-state index contributed by atoms with van der Waals surface area (Å²) in [5, 5.41) is 0. The third-order valence-electron chi connectivity index (χ3n) is 3.17. The molecule has 0 amide bonds. The Bertz CT molecular complexity index is 707. The van der Waals surface area contributed by atoms with Crippen LogP contribution in [-0.4, -0.2) is 30.9 Å². The van der Waals surface area contributed by atoms with Gasteiger partial charge in [-0.25, -0.2) is 9.59 Å². The largest absolute Gasteiger partial charge is 0.490 e. The predicted molar refractivity (Wildman–Crippen MR) is 92.2 cm³/mol. The Morgan fingerprint density at radius 2 is 1.80 bits per heavy atom. The zero-order valence-corrected chi connectivity index (χ0v) is 14.9. The molecule has 1 aromatic rings. The second kappa shape index (κ2) is 7.42. The Morgan fingerprint density at radius 3 is 2.36 bits per heavy atom. The lowest BCUT2D eigenvalue weighted by Gasteiger charge is -2.29. The second-order valence-corrected chi connectivity index (χ2v) is 6.12. The van der Waals surface area contributed by atoms with Crippen molar-refractivity contribution in [2.45, 2.75) is 33.5 Å². The van der Waals surface area contributed by atoms with Crippen molar-refractivity contribution in [2.75, 3.05) is 13.2 Å².